The predicted molar refractivity (Wildman–Crippen MR) is 76.0 cm³/mol. The van der Waals surface area contributed by atoms with Crippen molar-refractivity contribution in [2.24, 2.45) is 5.92 Å². The van der Waals surface area contributed by atoms with Gasteiger partial charge in [0.05, 0.1) is 17.6 Å². The Morgan fingerprint density at radius 3 is 2.55 bits per heavy atom. The quantitative estimate of drug-likeness (QED) is 0.810. The topological polar surface area (TPSA) is 69.6 Å². The minimum atomic E-state index is -0.666. The molecule has 0 bridgehead atoms. The minimum Gasteiger partial charge on any atom is -0.391 e. The molecule has 2 atom stereocenters. The molecule has 114 valence electrons. The van der Waals surface area contributed by atoms with Crippen LogP contribution < -0.4 is 5.32 Å². The Morgan fingerprint density at radius 2 is 2.00 bits per heavy atom. The SMILES string of the molecule is CC(O)C(C)(C)NC(=O)C1CC(=O)N(C2CCCC2)C1. The lowest BCUT2D eigenvalue weighted by Gasteiger charge is -2.30. The highest BCUT2D eigenvalue weighted by Crippen LogP contribution is 2.29. The predicted octanol–water partition coefficient (Wildman–Crippen LogP) is 1.05. The molecule has 0 aromatic carbocycles. The summed E-state index contributed by atoms with van der Waals surface area (Å²) in [5.74, 6) is -0.294. The summed E-state index contributed by atoms with van der Waals surface area (Å²) < 4.78 is 0. The smallest absolute Gasteiger partial charge is 0.225 e. The van der Waals surface area contributed by atoms with Crippen molar-refractivity contribution < 1.29 is 14.7 Å². The molecule has 0 radical (unpaired) electrons. The summed E-state index contributed by atoms with van der Waals surface area (Å²) in [5.41, 5.74) is -0.666. The summed E-state index contributed by atoms with van der Waals surface area (Å²) in [5, 5.41) is 12.5. The highest BCUT2D eigenvalue weighted by Gasteiger charge is 2.40. The lowest BCUT2D eigenvalue weighted by Crippen LogP contribution is -2.53. The molecule has 1 aliphatic carbocycles. The monoisotopic (exact) mass is 282 g/mol. The molecule has 1 aliphatic heterocycles. The number of aliphatic hydroxyl groups is 1. The van der Waals surface area contributed by atoms with Crippen LogP contribution in [0.4, 0.5) is 0 Å². The van der Waals surface area contributed by atoms with Gasteiger partial charge in [0.1, 0.15) is 0 Å². The fraction of sp³-hybridized carbons (Fsp3) is 0.867. The van der Waals surface area contributed by atoms with Gasteiger partial charge < -0.3 is 15.3 Å². The molecule has 20 heavy (non-hydrogen) atoms. The van der Waals surface area contributed by atoms with Crippen molar-refractivity contribution in [3.05, 3.63) is 0 Å². The van der Waals surface area contributed by atoms with Crippen molar-refractivity contribution in [1.29, 1.82) is 0 Å². The van der Waals surface area contributed by atoms with Gasteiger partial charge in [0.25, 0.3) is 0 Å². The second kappa shape index (κ2) is 5.72. The number of carbonyl (C=O) groups is 2. The molecule has 1 heterocycles. The normalized spacial score (nSPS) is 26.1. The van der Waals surface area contributed by atoms with Gasteiger partial charge in [-0.15, -0.1) is 0 Å². The maximum Gasteiger partial charge on any atom is 0.225 e. The Hall–Kier alpha value is -1.10. The molecular weight excluding hydrogens is 256 g/mol. The van der Waals surface area contributed by atoms with Crippen LogP contribution in [-0.4, -0.2) is 46.1 Å². The third kappa shape index (κ3) is 3.14. The van der Waals surface area contributed by atoms with E-state index in [1.54, 1.807) is 20.8 Å². The minimum absolute atomic E-state index is 0.104. The lowest BCUT2D eigenvalue weighted by molar-refractivity contribution is -0.130. The van der Waals surface area contributed by atoms with Crippen LogP contribution in [0, 0.1) is 5.92 Å². The second-order valence-corrected chi connectivity index (χ2v) is 6.77. The fourth-order valence-electron chi connectivity index (χ4n) is 3.00. The number of hydrogen-bond acceptors (Lipinski definition) is 3. The summed E-state index contributed by atoms with van der Waals surface area (Å²) in [6.45, 7) is 5.78. The number of amides is 2. The number of carbonyl (C=O) groups excluding carboxylic acids is 2. The number of hydrogen-bond donors (Lipinski definition) is 2. The van der Waals surface area contributed by atoms with E-state index in [2.05, 4.69) is 5.32 Å². The Morgan fingerprint density at radius 1 is 1.40 bits per heavy atom. The first-order chi connectivity index (χ1) is 9.31. The summed E-state index contributed by atoms with van der Waals surface area (Å²) in [7, 11) is 0. The molecule has 2 aliphatic rings. The summed E-state index contributed by atoms with van der Waals surface area (Å²) in [6, 6.07) is 0.338. The second-order valence-electron chi connectivity index (χ2n) is 6.77. The third-order valence-corrected chi connectivity index (χ3v) is 4.78. The maximum atomic E-state index is 12.3. The van der Waals surface area contributed by atoms with Gasteiger partial charge in [-0.2, -0.15) is 0 Å². The molecule has 2 amide bonds. The zero-order valence-electron chi connectivity index (χ0n) is 12.7. The highest BCUT2D eigenvalue weighted by atomic mass is 16.3. The van der Waals surface area contributed by atoms with E-state index in [1.807, 2.05) is 4.90 Å². The first kappa shape index (κ1) is 15.3. The van der Waals surface area contributed by atoms with E-state index < -0.39 is 11.6 Å². The number of likely N-dealkylation sites (tertiary alicyclic amines) is 1. The molecule has 0 aromatic rings. The molecule has 5 nitrogen and oxygen atoms in total. The van der Waals surface area contributed by atoms with E-state index >= 15 is 0 Å². The van der Waals surface area contributed by atoms with Crippen molar-refractivity contribution in [2.75, 3.05) is 6.54 Å². The largest absolute Gasteiger partial charge is 0.391 e. The van der Waals surface area contributed by atoms with Crippen LogP contribution in [-0.2, 0) is 9.59 Å². The fourth-order valence-corrected chi connectivity index (χ4v) is 3.00. The van der Waals surface area contributed by atoms with E-state index in [4.69, 9.17) is 0 Å². The van der Waals surface area contributed by atoms with Crippen LogP contribution in [0.25, 0.3) is 0 Å². The van der Waals surface area contributed by atoms with Gasteiger partial charge >= 0.3 is 0 Å². The van der Waals surface area contributed by atoms with Gasteiger partial charge in [-0.1, -0.05) is 12.8 Å². The van der Waals surface area contributed by atoms with Crippen molar-refractivity contribution in [2.45, 2.75) is 70.6 Å². The Bertz CT molecular complexity index is 387. The average Bonchev–Trinajstić information content (AvgIpc) is 2.96. The average molecular weight is 282 g/mol. The van der Waals surface area contributed by atoms with Gasteiger partial charge in [0.2, 0.25) is 11.8 Å². The molecule has 1 saturated heterocycles. The highest BCUT2D eigenvalue weighted by molar-refractivity contribution is 5.89. The van der Waals surface area contributed by atoms with Crippen LogP contribution >= 0.6 is 0 Å². The maximum absolute atomic E-state index is 12.3. The van der Waals surface area contributed by atoms with Crippen LogP contribution in [0.3, 0.4) is 0 Å². The number of aliphatic hydroxyl groups excluding tert-OH is 1. The molecule has 0 spiro atoms. The Labute approximate surface area is 120 Å². The van der Waals surface area contributed by atoms with Gasteiger partial charge in [0.15, 0.2) is 0 Å². The van der Waals surface area contributed by atoms with E-state index in [-0.39, 0.29) is 17.7 Å². The van der Waals surface area contributed by atoms with Gasteiger partial charge in [0, 0.05) is 19.0 Å². The molecular formula is C15H26N2O3. The molecule has 0 aromatic heterocycles. The zero-order valence-corrected chi connectivity index (χ0v) is 12.7. The molecule has 5 heteroatoms. The zero-order chi connectivity index (χ0) is 14.9. The van der Waals surface area contributed by atoms with E-state index in [9.17, 15) is 14.7 Å². The van der Waals surface area contributed by atoms with Crippen LogP contribution in [0.15, 0.2) is 0 Å². The molecule has 2 N–H and O–H groups in total. The van der Waals surface area contributed by atoms with Gasteiger partial charge in [-0.25, -0.2) is 0 Å². The Balaban J connectivity index is 1.94. The van der Waals surface area contributed by atoms with Crippen molar-refractivity contribution in [3.63, 3.8) is 0 Å². The molecule has 2 unspecified atom stereocenters. The summed E-state index contributed by atoms with van der Waals surface area (Å²) in [4.78, 5) is 26.2. The molecule has 2 fully saturated rings. The first-order valence-corrected chi connectivity index (χ1v) is 7.61. The van der Waals surface area contributed by atoms with Crippen LogP contribution in [0.5, 0.6) is 0 Å². The van der Waals surface area contributed by atoms with Crippen LogP contribution in [0.2, 0.25) is 0 Å². The van der Waals surface area contributed by atoms with Crippen molar-refractivity contribution >= 4 is 11.8 Å². The summed E-state index contributed by atoms with van der Waals surface area (Å²) in [6.07, 6.45) is 4.17. The number of nitrogens with zero attached hydrogens (tertiary/aromatic N) is 1. The molecule has 2 rings (SSSR count). The third-order valence-electron chi connectivity index (χ3n) is 4.78. The van der Waals surface area contributed by atoms with E-state index in [0.29, 0.717) is 19.0 Å². The Kier molecular flexibility index (Phi) is 4.37. The van der Waals surface area contributed by atoms with Gasteiger partial charge in [-0.3, -0.25) is 9.59 Å². The number of nitrogens with one attached hydrogen (secondary N) is 1. The van der Waals surface area contributed by atoms with E-state index in [0.717, 1.165) is 12.8 Å². The summed E-state index contributed by atoms with van der Waals surface area (Å²) >= 11 is 0. The van der Waals surface area contributed by atoms with Crippen molar-refractivity contribution in [3.8, 4) is 0 Å². The first-order valence-electron chi connectivity index (χ1n) is 7.61. The lowest BCUT2D eigenvalue weighted by atomic mass is 9.97. The van der Waals surface area contributed by atoms with Gasteiger partial charge in [-0.05, 0) is 33.6 Å². The molecule has 1 saturated carbocycles. The van der Waals surface area contributed by atoms with E-state index in [1.165, 1.54) is 12.8 Å². The number of rotatable bonds is 4. The standard InChI is InChI=1S/C15H26N2O3/c1-10(18)15(2,3)16-14(20)11-8-13(19)17(9-11)12-6-4-5-7-12/h10-12,18H,4-9H2,1-3H3,(H,16,20). The van der Waals surface area contributed by atoms with Crippen molar-refractivity contribution in [1.82, 2.24) is 10.2 Å². The van der Waals surface area contributed by atoms with Crippen LogP contribution in [0.1, 0.15) is 52.9 Å².